The predicted molar refractivity (Wildman–Crippen MR) is 120 cm³/mol. The summed E-state index contributed by atoms with van der Waals surface area (Å²) in [5, 5.41) is 13.8. The second-order valence-corrected chi connectivity index (χ2v) is 7.83. The highest BCUT2D eigenvalue weighted by Crippen LogP contribution is 2.19. The molecule has 0 spiro atoms. The molecule has 1 aliphatic rings. The number of rotatable bonds is 5. The van der Waals surface area contributed by atoms with Gasteiger partial charge in [0.25, 0.3) is 0 Å². The molecule has 0 aliphatic heterocycles. The molecule has 0 radical (unpaired) electrons. The Morgan fingerprint density at radius 1 is 1.25 bits per heavy atom. The van der Waals surface area contributed by atoms with Gasteiger partial charge in [0.2, 0.25) is 0 Å². The van der Waals surface area contributed by atoms with Gasteiger partial charge < -0.3 is 20.7 Å². The zero-order valence-corrected chi connectivity index (χ0v) is 19.8. The van der Waals surface area contributed by atoms with Crippen LogP contribution >= 0.6 is 24.0 Å². The van der Waals surface area contributed by atoms with Crippen LogP contribution in [0.1, 0.15) is 59.2 Å². The van der Waals surface area contributed by atoms with Gasteiger partial charge in [0.15, 0.2) is 5.96 Å². The number of aryl methyl sites for hydroxylation is 1. The highest BCUT2D eigenvalue weighted by molar-refractivity contribution is 14.0. The molecule has 2 rings (SSSR count). The first-order valence-electron chi connectivity index (χ1n) is 9.64. The largest absolute Gasteiger partial charge is 0.444 e. The molecular weight excluding hydrogens is 473 g/mol. The van der Waals surface area contributed by atoms with Crippen molar-refractivity contribution in [1.29, 1.82) is 0 Å². The second-order valence-electron chi connectivity index (χ2n) is 7.83. The maximum Gasteiger partial charge on any atom is 0.407 e. The van der Waals surface area contributed by atoms with Gasteiger partial charge in [-0.3, -0.25) is 4.68 Å². The third kappa shape index (κ3) is 8.61. The molecule has 10 heteroatoms. The first kappa shape index (κ1) is 24.4. The van der Waals surface area contributed by atoms with Gasteiger partial charge in [-0.15, -0.1) is 24.0 Å². The van der Waals surface area contributed by atoms with Crippen LogP contribution in [0.3, 0.4) is 0 Å². The molecular formula is C18H34IN7O2. The minimum atomic E-state index is -0.469. The molecule has 1 amide bonds. The third-order valence-corrected chi connectivity index (χ3v) is 4.32. The van der Waals surface area contributed by atoms with Gasteiger partial charge in [-0.1, -0.05) is 0 Å². The molecule has 0 atom stereocenters. The van der Waals surface area contributed by atoms with Crippen LogP contribution in [0.25, 0.3) is 0 Å². The summed E-state index contributed by atoms with van der Waals surface area (Å²) in [7, 11) is 1.86. The number of guanidine groups is 1. The van der Waals surface area contributed by atoms with Crippen LogP contribution in [0.15, 0.2) is 11.3 Å². The van der Waals surface area contributed by atoms with Crippen LogP contribution in [0.2, 0.25) is 0 Å². The lowest BCUT2D eigenvalue weighted by Crippen LogP contribution is -2.48. The first-order chi connectivity index (χ1) is 12.8. The Hall–Kier alpha value is -1.59. The highest BCUT2D eigenvalue weighted by atomic mass is 127. The fraction of sp³-hybridized carbons (Fsp3) is 0.778. The number of nitrogens with one attached hydrogen (secondary N) is 3. The molecule has 1 aliphatic carbocycles. The van der Waals surface area contributed by atoms with Gasteiger partial charge in [-0.05, 0) is 53.4 Å². The van der Waals surface area contributed by atoms with E-state index >= 15 is 0 Å². The van der Waals surface area contributed by atoms with E-state index in [1.54, 1.807) is 4.68 Å². The van der Waals surface area contributed by atoms with Crippen LogP contribution in [0.5, 0.6) is 0 Å². The van der Waals surface area contributed by atoms with Crippen molar-refractivity contribution in [3.05, 3.63) is 12.2 Å². The molecule has 1 saturated carbocycles. The van der Waals surface area contributed by atoms with Gasteiger partial charge in [0.1, 0.15) is 24.3 Å². The molecule has 160 valence electrons. The topological polar surface area (TPSA) is 105 Å². The van der Waals surface area contributed by atoms with Gasteiger partial charge >= 0.3 is 6.09 Å². The number of hydrogen-bond acceptors (Lipinski definition) is 5. The summed E-state index contributed by atoms with van der Waals surface area (Å²) in [5.74, 6) is 1.60. The smallest absolute Gasteiger partial charge is 0.407 e. The first-order valence-corrected chi connectivity index (χ1v) is 9.64. The summed E-state index contributed by atoms with van der Waals surface area (Å²) in [6, 6.07) is 0.495. The van der Waals surface area contributed by atoms with Gasteiger partial charge in [0.05, 0.1) is 0 Å². The van der Waals surface area contributed by atoms with Crippen molar-refractivity contribution >= 4 is 36.0 Å². The maximum atomic E-state index is 11.9. The Morgan fingerprint density at radius 2 is 1.86 bits per heavy atom. The number of ether oxygens (including phenoxy) is 1. The Bertz CT molecular complexity index is 634. The summed E-state index contributed by atoms with van der Waals surface area (Å²) in [5.41, 5.74) is -0.469. The summed E-state index contributed by atoms with van der Waals surface area (Å²) in [6.07, 6.45) is 4.96. The van der Waals surface area contributed by atoms with E-state index in [1.807, 2.05) is 34.7 Å². The number of halogens is 1. The Labute approximate surface area is 184 Å². The second kappa shape index (κ2) is 11.4. The molecule has 1 aromatic heterocycles. The fourth-order valence-electron chi connectivity index (χ4n) is 2.98. The number of hydrogen-bond donors (Lipinski definition) is 3. The van der Waals surface area contributed by atoms with Crippen LogP contribution in [-0.4, -0.2) is 51.0 Å². The molecule has 1 aromatic rings. The molecule has 0 aromatic carbocycles. The zero-order chi connectivity index (χ0) is 19.9. The van der Waals surface area contributed by atoms with E-state index in [2.05, 4.69) is 31.0 Å². The Morgan fingerprint density at radius 3 is 2.36 bits per heavy atom. The molecule has 1 heterocycles. The fourth-order valence-corrected chi connectivity index (χ4v) is 2.98. The number of alkyl carbamates (subject to hydrolysis) is 1. The number of nitrogens with zero attached hydrogens (tertiary/aromatic N) is 4. The summed E-state index contributed by atoms with van der Waals surface area (Å²) in [6.45, 7) is 8.92. The van der Waals surface area contributed by atoms with E-state index in [9.17, 15) is 4.79 Å². The van der Waals surface area contributed by atoms with Gasteiger partial charge in [-0.25, -0.2) is 14.8 Å². The average Bonchev–Trinajstić information content (AvgIpc) is 2.98. The number of aromatic nitrogens is 3. The number of amides is 1. The summed E-state index contributed by atoms with van der Waals surface area (Å²) < 4.78 is 7.06. The van der Waals surface area contributed by atoms with E-state index in [-0.39, 0.29) is 36.1 Å². The standard InChI is InChI=1S/C18H33N7O2.HI/c1-6-19-16(20-11-15-21-12-22-25(15)5)23-13-7-9-14(10-8-13)24-17(26)27-18(2,3)4;/h12-14H,6-11H2,1-5H3,(H,24,26)(H2,19,20,23);1H. The molecule has 1 fully saturated rings. The molecule has 0 bridgehead atoms. The van der Waals surface area contributed by atoms with Gasteiger partial charge in [-0.2, -0.15) is 5.10 Å². The molecule has 0 unspecified atom stereocenters. The predicted octanol–water partition coefficient (Wildman–Crippen LogP) is 2.32. The number of carbonyl (C=O) groups excluding carboxylic acids is 1. The van der Waals surface area contributed by atoms with E-state index in [0.29, 0.717) is 12.6 Å². The van der Waals surface area contributed by atoms with Crippen molar-refractivity contribution < 1.29 is 9.53 Å². The lowest BCUT2D eigenvalue weighted by molar-refractivity contribution is 0.0490. The lowest BCUT2D eigenvalue weighted by Gasteiger charge is -2.31. The Kier molecular flexibility index (Phi) is 9.97. The quantitative estimate of drug-likeness (QED) is 0.321. The monoisotopic (exact) mass is 507 g/mol. The van der Waals surface area contributed by atoms with Crippen molar-refractivity contribution in [2.24, 2.45) is 12.0 Å². The summed E-state index contributed by atoms with van der Waals surface area (Å²) in [4.78, 5) is 20.7. The zero-order valence-electron chi connectivity index (χ0n) is 17.5. The molecule has 28 heavy (non-hydrogen) atoms. The molecule has 0 saturated heterocycles. The minimum absolute atomic E-state index is 0. The highest BCUT2D eigenvalue weighted by Gasteiger charge is 2.25. The normalized spacial score (nSPS) is 20.1. The van der Waals surface area contributed by atoms with E-state index in [0.717, 1.165) is 44.0 Å². The van der Waals surface area contributed by atoms with Crippen molar-refractivity contribution in [3.8, 4) is 0 Å². The molecule has 9 nitrogen and oxygen atoms in total. The van der Waals surface area contributed by atoms with Crippen LogP contribution in [0, 0.1) is 0 Å². The van der Waals surface area contributed by atoms with Crippen LogP contribution in [0.4, 0.5) is 4.79 Å². The minimum Gasteiger partial charge on any atom is -0.444 e. The van der Waals surface area contributed by atoms with Crippen LogP contribution < -0.4 is 16.0 Å². The lowest BCUT2D eigenvalue weighted by atomic mass is 9.91. The van der Waals surface area contributed by atoms with Crippen molar-refractivity contribution in [1.82, 2.24) is 30.7 Å². The summed E-state index contributed by atoms with van der Waals surface area (Å²) >= 11 is 0. The van der Waals surface area contributed by atoms with E-state index in [1.165, 1.54) is 6.33 Å². The van der Waals surface area contributed by atoms with Crippen molar-refractivity contribution in [3.63, 3.8) is 0 Å². The third-order valence-electron chi connectivity index (χ3n) is 4.32. The number of carbonyl (C=O) groups is 1. The van der Waals surface area contributed by atoms with E-state index < -0.39 is 5.60 Å². The number of aliphatic imine (C=N–C) groups is 1. The van der Waals surface area contributed by atoms with Gasteiger partial charge in [0, 0.05) is 25.7 Å². The van der Waals surface area contributed by atoms with E-state index in [4.69, 9.17) is 4.74 Å². The Balaban J connectivity index is 0.00000392. The average molecular weight is 507 g/mol. The maximum absolute atomic E-state index is 11.9. The van der Waals surface area contributed by atoms with Crippen molar-refractivity contribution in [2.75, 3.05) is 6.54 Å². The van der Waals surface area contributed by atoms with Crippen molar-refractivity contribution in [2.45, 2.75) is 77.6 Å². The SMILES string of the molecule is CCNC(=NCc1ncnn1C)NC1CCC(NC(=O)OC(C)(C)C)CC1.I. The van der Waals surface area contributed by atoms with Crippen LogP contribution in [-0.2, 0) is 18.3 Å². The molecule has 3 N–H and O–H groups in total.